The standard InChI is InChI=1S/C27H35N3O2/c1-29-13-10-24(11-14-29)30-15-9-22-18-27(31)28-25-17-21(20-5-3-2-4-6-20)7-8-26(25)32-16-12-23(22)19-30/h2-8,17,22-24H,9-16,18-19H2,1H3,(H,28,31)/t22-,23-/m0/s1. The van der Waals surface area contributed by atoms with Gasteiger partial charge >= 0.3 is 0 Å². The first-order chi connectivity index (χ1) is 15.7. The Kier molecular flexibility index (Phi) is 6.47. The summed E-state index contributed by atoms with van der Waals surface area (Å²) in [5, 5.41) is 3.17. The Morgan fingerprint density at radius 2 is 1.72 bits per heavy atom. The molecule has 1 N–H and O–H groups in total. The van der Waals surface area contributed by atoms with Gasteiger partial charge in [-0.15, -0.1) is 0 Å². The zero-order chi connectivity index (χ0) is 21.9. The number of amides is 1. The average Bonchev–Trinajstić information content (AvgIpc) is 2.82. The molecule has 2 fully saturated rings. The molecule has 2 atom stereocenters. The molecule has 5 rings (SSSR count). The molecule has 0 aromatic heterocycles. The number of piperidine rings is 2. The van der Waals surface area contributed by atoms with E-state index in [1.165, 1.54) is 25.9 Å². The average molecular weight is 434 g/mol. The number of anilines is 1. The van der Waals surface area contributed by atoms with Crippen molar-refractivity contribution in [1.29, 1.82) is 0 Å². The van der Waals surface area contributed by atoms with E-state index in [1.807, 2.05) is 30.3 Å². The molecule has 3 heterocycles. The molecule has 32 heavy (non-hydrogen) atoms. The van der Waals surface area contributed by atoms with Crippen LogP contribution < -0.4 is 10.1 Å². The van der Waals surface area contributed by atoms with Crippen LogP contribution in [0.15, 0.2) is 48.5 Å². The lowest BCUT2D eigenvalue weighted by Crippen LogP contribution is -2.50. The van der Waals surface area contributed by atoms with Gasteiger partial charge in [-0.25, -0.2) is 0 Å². The molecule has 170 valence electrons. The number of fused-ring (bicyclic) bond motifs is 2. The van der Waals surface area contributed by atoms with Crippen molar-refractivity contribution < 1.29 is 9.53 Å². The molecule has 0 aliphatic carbocycles. The van der Waals surface area contributed by atoms with Crippen molar-refractivity contribution in [2.45, 2.75) is 38.1 Å². The molecule has 3 aliphatic rings. The fraction of sp³-hybridized carbons (Fsp3) is 0.519. The zero-order valence-electron chi connectivity index (χ0n) is 19.1. The van der Waals surface area contributed by atoms with E-state index >= 15 is 0 Å². The minimum Gasteiger partial charge on any atom is -0.491 e. The van der Waals surface area contributed by atoms with Gasteiger partial charge in [-0.2, -0.15) is 0 Å². The minimum absolute atomic E-state index is 0.115. The fourth-order valence-electron chi connectivity index (χ4n) is 5.72. The van der Waals surface area contributed by atoms with Gasteiger partial charge in [0.1, 0.15) is 5.75 Å². The third kappa shape index (κ3) is 4.84. The maximum atomic E-state index is 13.0. The molecule has 5 heteroatoms. The van der Waals surface area contributed by atoms with Crippen LogP contribution >= 0.6 is 0 Å². The molecule has 2 aromatic carbocycles. The van der Waals surface area contributed by atoms with Gasteiger partial charge in [0, 0.05) is 19.0 Å². The van der Waals surface area contributed by atoms with Crippen molar-refractivity contribution in [3.8, 4) is 16.9 Å². The summed E-state index contributed by atoms with van der Waals surface area (Å²) in [6.07, 6.45) is 5.27. The van der Waals surface area contributed by atoms with Crippen LogP contribution in [0.3, 0.4) is 0 Å². The SMILES string of the molecule is CN1CCC(N2CC[C@H]3CC(=O)Nc4cc(-c5ccccc5)ccc4OCC[C@H]3C2)CC1. The molecule has 5 nitrogen and oxygen atoms in total. The van der Waals surface area contributed by atoms with E-state index in [1.54, 1.807) is 0 Å². The van der Waals surface area contributed by atoms with Crippen LogP contribution in [0.1, 0.15) is 32.1 Å². The van der Waals surface area contributed by atoms with Crippen LogP contribution in [0, 0.1) is 11.8 Å². The Balaban J connectivity index is 1.29. The van der Waals surface area contributed by atoms with Crippen LogP contribution in [0.4, 0.5) is 5.69 Å². The predicted octanol–water partition coefficient (Wildman–Crippen LogP) is 4.50. The Bertz CT molecular complexity index is 924. The predicted molar refractivity (Wildman–Crippen MR) is 129 cm³/mol. The molecule has 0 saturated carbocycles. The molecular formula is C27H35N3O2. The van der Waals surface area contributed by atoms with E-state index in [9.17, 15) is 4.79 Å². The number of carbonyl (C=O) groups is 1. The van der Waals surface area contributed by atoms with Crippen molar-refractivity contribution in [2.75, 3.05) is 45.2 Å². The summed E-state index contributed by atoms with van der Waals surface area (Å²) in [5.41, 5.74) is 3.02. The first-order valence-corrected chi connectivity index (χ1v) is 12.2. The Hall–Kier alpha value is -2.37. The summed E-state index contributed by atoms with van der Waals surface area (Å²) in [6, 6.07) is 17.1. The second-order valence-electron chi connectivity index (χ2n) is 9.80. The number of ether oxygens (including phenoxy) is 1. The third-order valence-corrected chi connectivity index (χ3v) is 7.68. The van der Waals surface area contributed by atoms with Crippen molar-refractivity contribution in [3.63, 3.8) is 0 Å². The first-order valence-electron chi connectivity index (χ1n) is 12.2. The van der Waals surface area contributed by atoms with Gasteiger partial charge in [-0.1, -0.05) is 36.4 Å². The van der Waals surface area contributed by atoms with Crippen molar-refractivity contribution in [2.24, 2.45) is 11.8 Å². The van der Waals surface area contributed by atoms with Crippen LogP contribution in [0.25, 0.3) is 11.1 Å². The molecule has 0 radical (unpaired) electrons. The molecule has 0 unspecified atom stereocenters. The lowest BCUT2D eigenvalue weighted by Gasteiger charge is -2.44. The summed E-state index contributed by atoms with van der Waals surface area (Å²) in [5.74, 6) is 1.86. The van der Waals surface area contributed by atoms with E-state index in [0.29, 0.717) is 30.9 Å². The Morgan fingerprint density at radius 1 is 0.906 bits per heavy atom. The number of rotatable bonds is 2. The maximum absolute atomic E-state index is 13.0. The van der Waals surface area contributed by atoms with Crippen LogP contribution in [-0.4, -0.2) is 61.6 Å². The summed E-state index contributed by atoms with van der Waals surface area (Å²) in [7, 11) is 2.22. The molecule has 2 aromatic rings. The normalized spacial score (nSPS) is 25.8. The van der Waals surface area contributed by atoms with Crippen LogP contribution in [0.5, 0.6) is 5.75 Å². The highest BCUT2D eigenvalue weighted by molar-refractivity contribution is 5.93. The number of nitrogens with zero attached hydrogens (tertiary/aromatic N) is 2. The molecule has 2 saturated heterocycles. The van der Waals surface area contributed by atoms with Crippen molar-refractivity contribution in [3.05, 3.63) is 48.5 Å². The summed E-state index contributed by atoms with van der Waals surface area (Å²) in [6.45, 7) is 5.33. The van der Waals surface area contributed by atoms with Gasteiger partial charge in [0.15, 0.2) is 0 Å². The monoisotopic (exact) mass is 433 g/mol. The maximum Gasteiger partial charge on any atom is 0.224 e. The van der Waals surface area contributed by atoms with Crippen molar-refractivity contribution in [1.82, 2.24) is 9.80 Å². The topological polar surface area (TPSA) is 44.8 Å². The highest BCUT2D eigenvalue weighted by Crippen LogP contribution is 2.36. The molecule has 3 aliphatic heterocycles. The van der Waals surface area contributed by atoms with E-state index < -0.39 is 0 Å². The van der Waals surface area contributed by atoms with Crippen molar-refractivity contribution >= 4 is 11.6 Å². The first kappa shape index (κ1) is 21.5. The van der Waals surface area contributed by atoms with Crippen LogP contribution in [-0.2, 0) is 4.79 Å². The summed E-state index contributed by atoms with van der Waals surface area (Å²) in [4.78, 5) is 18.1. The molecular weight excluding hydrogens is 398 g/mol. The van der Waals surface area contributed by atoms with Gasteiger partial charge in [-0.05, 0) is 87.5 Å². The third-order valence-electron chi connectivity index (χ3n) is 7.68. The number of nitrogens with one attached hydrogen (secondary N) is 1. The van der Waals surface area contributed by atoms with Gasteiger partial charge in [0.05, 0.1) is 12.3 Å². The number of carbonyl (C=O) groups excluding carboxylic acids is 1. The minimum atomic E-state index is 0.115. The number of hydrogen-bond donors (Lipinski definition) is 1. The molecule has 1 amide bonds. The number of benzene rings is 2. The van der Waals surface area contributed by atoms with E-state index in [-0.39, 0.29) is 5.91 Å². The lowest BCUT2D eigenvalue weighted by atomic mass is 9.80. The summed E-state index contributed by atoms with van der Waals surface area (Å²) < 4.78 is 6.21. The van der Waals surface area contributed by atoms with E-state index in [4.69, 9.17) is 4.74 Å². The second kappa shape index (κ2) is 9.63. The van der Waals surface area contributed by atoms with Crippen LogP contribution in [0.2, 0.25) is 0 Å². The lowest BCUT2D eigenvalue weighted by molar-refractivity contribution is -0.118. The quantitative estimate of drug-likeness (QED) is 0.758. The summed E-state index contributed by atoms with van der Waals surface area (Å²) >= 11 is 0. The Morgan fingerprint density at radius 3 is 2.53 bits per heavy atom. The molecule has 0 spiro atoms. The van der Waals surface area contributed by atoms with E-state index in [2.05, 4.69) is 40.4 Å². The largest absolute Gasteiger partial charge is 0.491 e. The van der Waals surface area contributed by atoms with Gasteiger partial charge in [-0.3, -0.25) is 9.69 Å². The molecule has 0 bridgehead atoms. The zero-order valence-corrected chi connectivity index (χ0v) is 19.1. The van der Waals surface area contributed by atoms with Gasteiger partial charge in [0.25, 0.3) is 0 Å². The highest BCUT2D eigenvalue weighted by Gasteiger charge is 2.35. The highest BCUT2D eigenvalue weighted by atomic mass is 16.5. The number of likely N-dealkylation sites (tertiary alicyclic amines) is 2. The van der Waals surface area contributed by atoms with Gasteiger partial charge < -0.3 is 15.0 Å². The Labute approximate surface area is 191 Å². The smallest absolute Gasteiger partial charge is 0.224 e. The van der Waals surface area contributed by atoms with Gasteiger partial charge in [0.2, 0.25) is 5.91 Å². The fourth-order valence-corrected chi connectivity index (χ4v) is 5.72. The number of hydrogen-bond acceptors (Lipinski definition) is 4. The second-order valence-corrected chi connectivity index (χ2v) is 9.80. The van der Waals surface area contributed by atoms with E-state index in [0.717, 1.165) is 48.5 Å².